The highest BCUT2D eigenvalue weighted by Gasteiger charge is 2.20. The summed E-state index contributed by atoms with van der Waals surface area (Å²) >= 11 is 0. The van der Waals surface area contributed by atoms with Gasteiger partial charge in [0.05, 0.1) is 12.7 Å². The van der Waals surface area contributed by atoms with Crippen molar-refractivity contribution in [1.82, 2.24) is 0 Å². The second kappa shape index (κ2) is 7.06. The first-order valence-electron chi connectivity index (χ1n) is 7.50. The first kappa shape index (κ1) is 14.5. The van der Waals surface area contributed by atoms with E-state index in [2.05, 4.69) is 38.1 Å². The minimum Gasteiger partial charge on any atom is -0.396 e. The molecule has 0 saturated heterocycles. The average molecular weight is 262 g/mol. The fraction of sp³-hybridized carbons (Fsp3) is 0.647. The molecule has 2 heteroatoms. The van der Waals surface area contributed by atoms with E-state index < -0.39 is 0 Å². The van der Waals surface area contributed by atoms with Crippen molar-refractivity contribution in [1.29, 1.82) is 0 Å². The van der Waals surface area contributed by atoms with Gasteiger partial charge < -0.3 is 9.84 Å². The van der Waals surface area contributed by atoms with Crippen LogP contribution in [0, 0.1) is 5.92 Å². The highest BCUT2D eigenvalue weighted by atomic mass is 16.5. The summed E-state index contributed by atoms with van der Waals surface area (Å²) in [5, 5.41) is 9.12. The molecule has 0 aromatic heterocycles. The third kappa shape index (κ3) is 4.32. The Morgan fingerprint density at radius 3 is 2.26 bits per heavy atom. The van der Waals surface area contributed by atoms with Crippen molar-refractivity contribution >= 4 is 0 Å². The number of aliphatic hydroxyl groups is 1. The van der Waals surface area contributed by atoms with Gasteiger partial charge in [0, 0.05) is 6.61 Å². The van der Waals surface area contributed by atoms with Gasteiger partial charge in [0.25, 0.3) is 0 Å². The molecule has 0 heterocycles. The van der Waals surface area contributed by atoms with Gasteiger partial charge in [-0.05, 0) is 48.6 Å². The Balaban J connectivity index is 1.76. The highest BCUT2D eigenvalue weighted by molar-refractivity contribution is 5.24. The molecule has 2 nitrogen and oxygen atoms in total. The van der Waals surface area contributed by atoms with Crippen LogP contribution in [0.1, 0.15) is 56.6 Å². The topological polar surface area (TPSA) is 29.5 Å². The van der Waals surface area contributed by atoms with Crippen LogP contribution in [0.3, 0.4) is 0 Å². The molecule has 1 N–H and O–H groups in total. The molecule has 0 amide bonds. The molecule has 0 radical (unpaired) electrons. The quantitative estimate of drug-likeness (QED) is 0.872. The van der Waals surface area contributed by atoms with Gasteiger partial charge in [0.1, 0.15) is 0 Å². The van der Waals surface area contributed by atoms with Crippen LogP contribution in [0.4, 0.5) is 0 Å². The van der Waals surface area contributed by atoms with Crippen LogP contribution < -0.4 is 0 Å². The molecule has 1 aromatic rings. The summed E-state index contributed by atoms with van der Waals surface area (Å²) in [4.78, 5) is 0. The van der Waals surface area contributed by atoms with Gasteiger partial charge in [-0.25, -0.2) is 0 Å². The maximum absolute atomic E-state index is 9.12. The summed E-state index contributed by atoms with van der Waals surface area (Å²) in [5.41, 5.74) is 2.64. The lowest BCUT2D eigenvalue weighted by molar-refractivity contribution is 0.00120. The molecule has 19 heavy (non-hydrogen) atoms. The third-order valence-corrected chi connectivity index (χ3v) is 4.18. The number of hydrogen-bond donors (Lipinski definition) is 1. The number of aliphatic hydroxyl groups excluding tert-OH is 1. The standard InChI is InChI=1S/C17H26O2/c1-13(2)16-7-3-15(4-8-16)12-19-17-9-5-14(11-18)6-10-17/h3-4,7-8,13-14,17-18H,5-6,9-12H2,1-2H3. The van der Waals surface area contributed by atoms with Gasteiger partial charge in [-0.2, -0.15) is 0 Å². The molecular formula is C17H26O2. The van der Waals surface area contributed by atoms with E-state index in [0.29, 0.717) is 31.2 Å². The first-order valence-corrected chi connectivity index (χ1v) is 7.50. The van der Waals surface area contributed by atoms with Crippen LogP contribution in [0.5, 0.6) is 0 Å². The molecule has 106 valence electrons. The lowest BCUT2D eigenvalue weighted by Crippen LogP contribution is -2.23. The monoisotopic (exact) mass is 262 g/mol. The molecule has 0 spiro atoms. The summed E-state index contributed by atoms with van der Waals surface area (Å²) in [6, 6.07) is 8.75. The van der Waals surface area contributed by atoms with Crippen molar-refractivity contribution in [2.75, 3.05) is 6.61 Å². The summed E-state index contributed by atoms with van der Waals surface area (Å²) < 4.78 is 5.98. The third-order valence-electron chi connectivity index (χ3n) is 4.18. The van der Waals surface area contributed by atoms with E-state index in [0.717, 1.165) is 25.7 Å². The van der Waals surface area contributed by atoms with E-state index in [1.54, 1.807) is 0 Å². The molecule has 0 unspecified atom stereocenters. The molecule has 1 fully saturated rings. The summed E-state index contributed by atoms with van der Waals surface area (Å²) in [7, 11) is 0. The van der Waals surface area contributed by atoms with Gasteiger partial charge in [-0.3, -0.25) is 0 Å². The predicted molar refractivity (Wildman–Crippen MR) is 78.2 cm³/mol. The molecule has 0 atom stereocenters. The van der Waals surface area contributed by atoms with E-state index in [9.17, 15) is 0 Å². The SMILES string of the molecule is CC(C)c1ccc(COC2CCC(CO)CC2)cc1. The van der Waals surface area contributed by atoms with Gasteiger partial charge in [-0.15, -0.1) is 0 Å². The number of ether oxygens (including phenoxy) is 1. The van der Waals surface area contributed by atoms with Gasteiger partial charge >= 0.3 is 0 Å². The Morgan fingerprint density at radius 1 is 1.11 bits per heavy atom. The average Bonchev–Trinajstić information content (AvgIpc) is 2.46. The second-order valence-corrected chi connectivity index (χ2v) is 6.03. The highest BCUT2D eigenvalue weighted by Crippen LogP contribution is 2.26. The van der Waals surface area contributed by atoms with E-state index in [-0.39, 0.29) is 0 Å². The minimum atomic E-state index is 0.337. The zero-order valence-corrected chi connectivity index (χ0v) is 12.1. The molecule has 1 aliphatic carbocycles. The maximum atomic E-state index is 9.12. The van der Waals surface area contributed by atoms with Gasteiger partial charge in [0.15, 0.2) is 0 Å². The molecule has 1 aliphatic rings. The zero-order chi connectivity index (χ0) is 13.7. The van der Waals surface area contributed by atoms with Crippen LogP contribution in [-0.4, -0.2) is 17.8 Å². The molecule has 1 saturated carbocycles. The van der Waals surface area contributed by atoms with E-state index in [1.165, 1.54) is 11.1 Å². The van der Waals surface area contributed by atoms with E-state index >= 15 is 0 Å². The van der Waals surface area contributed by atoms with E-state index in [1.807, 2.05) is 0 Å². The van der Waals surface area contributed by atoms with Crippen LogP contribution in [0.2, 0.25) is 0 Å². The number of hydrogen-bond acceptors (Lipinski definition) is 2. The Hall–Kier alpha value is -0.860. The molecule has 0 aliphatic heterocycles. The van der Waals surface area contributed by atoms with Crippen molar-refractivity contribution in [3.05, 3.63) is 35.4 Å². The Morgan fingerprint density at radius 2 is 1.74 bits per heavy atom. The molecular weight excluding hydrogens is 236 g/mol. The van der Waals surface area contributed by atoms with Gasteiger partial charge in [-0.1, -0.05) is 38.1 Å². The summed E-state index contributed by atoms with van der Waals surface area (Å²) in [5.74, 6) is 1.09. The van der Waals surface area contributed by atoms with Crippen molar-refractivity contribution in [3.63, 3.8) is 0 Å². The number of rotatable bonds is 5. The van der Waals surface area contributed by atoms with Crippen molar-refractivity contribution in [2.45, 2.75) is 58.2 Å². The zero-order valence-electron chi connectivity index (χ0n) is 12.1. The Labute approximate surface area is 116 Å². The normalized spacial score (nSPS) is 23.8. The van der Waals surface area contributed by atoms with E-state index in [4.69, 9.17) is 9.84 Å². The van der Waals surface area contributed by atoms with Crippen LogP contribution in [-0.2, 0) is 11.3 Å². The second-order valence-electron chi connectivity index (χ2n) is 6.03. The van der Waals surface area contributed by atoms with Crippen LogP contribution >= 0.6 is 0 Å². The summed E-state index contributed by atoms with van der Waals surface area (Å²) in [6.45, 7) is 5.48. The Kier molecular flexibility index (Phi) is 5.41. The Bertz CT molecular complexity index is 361. The number of benzene rings is 1. The maximum Gasteiger partial charge on any atom is 0.0720 e. The predicted octanol–water partition coefficient (Wildman–Crippen LogP) is 3.88. The van der Waals surface area contributed by atoms with Crippen LogP contribution in [0.25, 0.3) is 0 Å². The van der Waals surface area contributed by atoms with Crippen molar-refractivity contribution in [3.8, 4) is 0 Å². The minimum absolute atomic E-state index is 0.337. The fourth-order valence-electron chi connectivity index (χ4n) is 2.69. The largest absolute Gasteiger partial charge is 0.396 e. The lowest BCUT2D eigenvalue weighted by Gasteiger charge is -2.27. The van der Waals surface area contributed by atoms with Gasteiger partial charge in [0.2, 0.25) is 0 Å². The molecule has 0 bridgehead atoms. The first-order chi connectivity index (χ1) is 9.19. The lowest BCUT2D eigenvalue weighted by atomic mass is 9.88. The smallest absolute Gasteiger partial charge is 0.0720 e. The van der Waals surface area contributed by atoms with Crippen molar-refractivity contribution in [2.24, 2.45) is 5.92 Å². The molecule has 2 rings (SSSR count). The van der Waals surface area contributed by atoms with Crippen molar-refractivity contribution < 1.29 is 9.84 Å². The summed E-state index contributed by atoms with van der Waals surface area (Å²) in [6.07, 6.45) is 4.78. The van der Waals surface area contributed by atoms with Crippen LogP contribution in [0.15, 0.2) is 24.3 Å². The molecule has 1 aromatic carbocycles. The fourth-order valence-corrected chi connectivity index (χ4v) is 2.69.